The van der Waals surface area contributed by atoms with Crippen LogP contribution in [0.5, 0.6) is 0 Å². The minimum atomic E-state index is -4.65. The molecule has 0 bridgehead atoms. The van der Waals surface area contributed by atoms with Gasteiger partial charge in [-0.2, -0.15) is 23.5 Å². The van der Waals surface area contributed by atoms with Crippen molar-refractivity contribution in [3.05, 3.63) is 125 Å². The summed E-state index contributed by atoms with van der Waals surface area (Å²) in [6.07, 6.45) is -3.71. The van der Waals surface area contributed by atoms with Crippen molar-refractivity contribution >= 4 is 23.5 Å². The highest BCUT2D eigenvalue weighted by molar-refractivity contribution is 6.09. The Morgan fingerprint density at radius 3 is 2.06 bits per heavy atom. The number of likely N-dealkylation sites (N-methyl/N-ethyl adjacent to an activating group) is 1. The van der Waals surface area contributed by atoms with Gasteiger partial charge in [-0.15, -0.1) is 0 Å². The van der Waals surface area contributed by atoms with E-state index in [1.807, 2.05) is 47.6 Å². The van der Waals surface area contributed by atoms with Crippen molar-refractivity contribution in [2.75, 3.05) is 18.0 Å². The number of aryl methyl sites for hydroxylation is 1. The van der Waals surface area contributed by atoms with Crippen molar-refractivity contribution in [2.45, 2.75) is 67.5 Å². The second-order valence-electron chi connectivity index (χ2n) is 10.3. The minimum absolute atomic E-state index is 0.0285. The van der Waals surface area contributed by atoms with Crippen molar-refractivity contribution < 1.29 is 31.9 Å². The van der Waals surface area contributed by atoms with E-state index in [0.29, 0.717) is 30.2 Å². The van der Waals surface area contributed by atoms with Crippen LogP contribution in [-0.4, -0.2) is 40.6 Å². The SMILES string of the molecule is C=C(NC(=O)c1cccc(C(F)(F)F)c1)C(=O)N(CC)c1c(CCC)c(C(=O)NCC#N)nn1-c1ccccc1.CC.CC.Cc1ccc(F)cc1. The van der Waals surface area contributed by atoms with Crippen LogP contribution in [0.3, 0.4) is 0 Å². The lowest BCUT2D eigenvalue weighted by atomic mass is 10.1. The van der Waals surface area contributed by atoms with Gasteiger partial charge in [-0.1, -0.05) is 89.6 Å². The fourth-order valence-corrected chi connectivity index (χ4v) is 4.52. The quantitative estimate of drug-likeness (QED) is 0.0966. The van der Waals surface area contributed by atoms with Gasteiger partial charge < -0.3 is 10.6 Å². The number of benzene rings is 3. The van der Waals surface area contributed by atoms with E-state index in [1.165, 1.54) is 27.8 Å². The number of nitriles is 1. The molecule has 278 valence electrons. The highest BCUT2D eigenvalue weighted by Gasteiger charge is 2.32. The van der Waals surface area contributed by atoms with Gasteiger partial charge in [0.15, 0.2) is 5.69 Å². The number of hydrogen-bond acceptors (Lipinski definition) is 5. The maximum Gasteiger partial charge on any atom is 0.416 e. The number of carbonyl (C=O) groups excluding carboxylic acids is 3. The molecule has 9 nitrogen and oxygen atoms in total. The summed E-state index contributed by atoms with van der Waals surface area (Å²) in [6.45, 7) is 17.0. The van der Waals surface area contributed by atoms with Gasteiger partial charge in [0.2, 0.25) is 0 Å². The Hall–Kier alpha value is -5.77. The lowest BCUT2D eigenvalue weighted by molar-refractivity contribution is -0.137. The zero-order chi connectivity index (χ0) is 39.4. The summed E-state index contributed by atoms with van der Waals surface area (Å²) in [5.74, 6) is -2.20. The number of para-hydroxylation sites is 1. The predicted octanol–water partition coefficient (Wildman–Crippen LogP) is 8.58. The number of amides is 3. The Kier molecular flexibility index (Phi) is 18.8. The van der Waals surface area contributed by atoms with E-state index in [4.69, 9.17) is 5.26 Å². The van der Waals surface area contributed by atoms with Gasteiger partial charge in [0, 0.05) is 17.7 Å². The zero-order valence-electron chi connectivity index (χ0n) is 30.6. The van der Waals surface area contributed by atoms with Gasteiger partial charge in [0.25, 0.3) is 17.7 Å². The van der Waals surface area contributed by atoms with E-state index in [1.54, 1.807) is 49.4 Å². The van der Waals surface area contributed by atoms with E-state index in [0.717, 1.165) is 17.7 Å². The summed E-state index contributed by atoms with van der Waals surface area (Å²) in [4.78, 5) is 40.5. The monoisotopic (exact) mass is 722 g/mol. The molecule has 1 aromatic heterocycles. The number of aromatic nitrogens is 2. The maximum absolute atomic E-state index is 13.6. The van der Waals surface area contributed by atoms with Crippen LogP contribution in [0.4, 0.5) is 23.4 Å². The average molecular weight is 723 g/mol. The molecular weight excluding hydrogens is 676 g/mol. The first kappa shape index (κ1) is 44.3. The molecule has 0 atom stereocenters. The van der Waals surface area contributed by atoms with Crippen molar-refractivity contribution in [2.24, 2.45) is 0 Å². The van der Waals surface area contributed by atoms with Crippen LogP contribution in [0.25, 0.3) is 5.69 Å². The normalized spacial score (nSPS) is 10.0. The first-order valence-electron chi connectivity index (χ1n) is 16.9. The van der Waals surface area contributed by atoms with E-state index in [9.17, 15) is 31.9 Å². The zero-order valence-corrected chi connectivity index (χ0v) is 30.6. The van der Waals surface area contributed by atoms with Crippen molar-refractivity contribution in [3.8, 4) is 11.8 Å². The Balaban J connectivity index is 0.000000968. The number of nitrogens with zero attached hydrogens (tertiary/aromatic N) is 4. The van der Waals surface area contributed by atoms with Crippen molar-refractivity contribution in [1.29, 1.82) is 5.26 Å². The van der Waals surface area contributed by atoms with E-state index in [2.05, 4.69) is 22.3 Å². The van der Waals surface area contributed by atoms with Crippen LogP contribution >= 0.6 is 0 Å². The van der Waals surface area contributed by atoms with Gasteiger partial charge >= 0.3 is 6.18 Å². The summed E-state index contributed by atoms with van der Waals surface area (Å²) < 4.78 is 52.8. The van der Waals surface area contributed by atoms with E-state index >= 15 is 0 Å². The van der Waals surface area contributed by atoms with Crippen LogP contribution in [-0.2, 0) is 17.4 Å². The van der Waals surface area contributed by atoms with Crippen LogP contribution in [0.1, 0.15) is 85.5 Å². The first-order chi connectivity index (χ1) is 24.8. The maximum atomic E-state index is 13.6. The molecule has 0 aliphatic heterocycles. The van der Waals surface area contributed by atoms with Gasteiger partial charge in [-0.3, -0.25) is 19.3 Å². The van der Waals surface area contributed by atoms with Gasteiger partial charge in [0.05, 0.1) is 17.3 Å². The third-order valence-corrected chi connectivity index (χ3v) is 6.80. The Labute approximate surface area is 303 Å². The van der Waals surface area contributed by atoms with E-state index in [-0.39, 0.29) is 41.7 Å². The molecule has 1 heterocycles. The number of hydrogen-bond donors (Lipinski definition) is 2. The largest absolute Gasteiger partial charge is 0.416 e. The second-order valence-corrected chi connectivity index (χ2v) is 10.3. The molecule has 4 rings (SSSR count). The fourth-order valence-electron chi connectivity index (χ4n) is 4.52. The number of alkyl halides is 3. The molecule has 13 heteroatoms. The van der Waals surface area contributed by atoms with Crippen molar-refractivity contribution in [1.82, 2.24) is 20.4 Å². The molecule has 3 aromatic carbocycles. The molecule has 0 aliphatic rings. The molecule has 0 spiro atoms. The third kappa shape index (κ3) is 12.5. The molecule has 0 radical (unpaired) electrons. The van der Waals surface area contributed by atoms with Gasteiger partial charge in [-0.25, -0.2) is 9.07 Å². The third-order valence-electron chi connectivity index (χ3n) is 6.80. The second kappa shape index (κ2) is 22.1. The van der Waals surface area contributed by atoms with E-state index < -0.39 is 29.5 Å². The average Bonchev–Trinajstić information content (AvgIpc) is 3.53. The standard InChI is InChI=1S/C28H27F3N6O3.C7H7F.2C2H6/c1-4-10-22-23(25(39)33-16-15-32)35-37(21-13-7-6-8-14-21)26(22)36(5-2)27(40)18(3)34-24(38)19-11-9-12-20(17-19)28(29,30)31;1-6-2-4-7(8)5-3-6;2*1-2/h6-9,11-14,17H,3-5,10,16H2,1-2H3,(H,33,39)(H,34,38);2-5H,1H3;2*1-2H3. The minimum Gasteiger partial charge on any atom is -0.338 e. The highest BCUT2D eigenvalue weighted by Crippen LogP contribution is 2.31. The number of rotatable bonds is 10. The molecule has 0 aliphatic carbocycles. The van der Waals surface area contributed by atoms with Gasteiger partial charge in [0.1, 0.15) is 23.9 Å². The lowest BCUT2D eigenvalue weighted by Crippen LogP contribution is -2.39. The number of anilines is 1. The molecule has 4 aromatic rings. The molecular formula is C39H46F4N6O3. The number of halogens is 4. The fraction of sp³-hybridized carbons (Fsp3) is 0.308. The Morgan fingerprint density at radius 2 is 1.54 bits per heavy atom. The Bertz CT molecular complexity index is 1780. The van der Waals surface area contributed by atoms with Crippen LogP contribution in [0, 0.1) is 24.1 Å². The Morgan fingerprint density at radius 1 is 0.923 bits per heavy atom. The summed E-state index contributed by atoms with van der Waals surface area (Å²) in [6, 6.07) is 20.8. The molecule has 0 fully saturated rings. The molecule has 3 amide bonds. The highest BCUT2D eigenvalue weighted by atomic mass is 19.4. The van der Waals surface area contributed by atoms with Crippen LogP contribution < -0.4 is 15.5 Å². The topological polar surface area (TPSA) is 120 Å². The van der Waals surface area contributed by atoms with Gasteiger partial charge in [-0.05, 0) is 62.7 Å². The number of nitrogens with one attached hydrogen (secondary N) is 2. The van der Waals surface area contributed by atoms with Crippen LogP contribution in [0.15, 0.2) is 91.1 Å². The molecule has 2 N–H and O–H groups in total. The summed E-state index contributed by atoms with van der Waals surface area (Å²) in [5, 5.41) is 18.1. The molecule has 0 saturated carbocycles. The molecule has 0 unspecified atom stereocenters. The first-order valence-corrected chi connectivity index (χ1v) is 16.9. The summed E-state index contributed by atoms with van der Waals surface area (Å²) in [7, 11) is 0. The number of carbonyl (C=O) groups is 3. The summed E-state index contributed by atoms with van der Waals surface area (Å²) in [5.41, 5.74) is 0.401. The van der Waals surface area contributed by atoms with Crippen molar-refractivity contribution in [3.63, 3.8) is 0 Å². The molecule has 52 heavy (non-hydrogen) atoms. The predicted molar refractivity (Wildman–Crippen MR) is 195 cm³/mol. The lowest BCUT2D eigenvalue weighted by Gasteiger charge is -2.24. The summed E-state index contributed by atoms with van der Waals surface area (Å²) >= 11 is 0. The molecule has 0 saturated heterocycles. The van der Waals surface area contributed by atoms with Crippen LogP contribution in [0.2, 0.25) is 0 Å². The smallest absolute Gasteiger partial charge is 0.338 e.